The van der Waals surface area contributed by atoms with Crippen molar-refractivity contribution in [3.63, 3.8) is 0 Å². The van der Waals surface area contributed by atoms with Crippen molar-refractivity contribution in [3.05, 3.63) is 59.2 Å². The van der Waals surface area contributed by atoms with Gasteiger partial charge in [-0.1, -0.05) is 12.1 Å². The Kier molecular flexibility index (Phi) is 4.22. The average Bonchev–Trinajstić information content (AvgIpc) is 2.46. The average molecular weight is 252 g/mol. The van der Waals surface area contributed by atoms with E-state index >= 15 is 0 Å². The van der Waals surface area contributed by atoms with Gasteiger partial charge in [0.05, 0.1) is 23.0 Å². The minimum Gasteiger partial charge on any atom is -0.305 e. The lowest BCUT2D eigenvalue weighted by Gasteiger charge is -2.14. The number of aryl methyl sites for hydroxylation is 1. The first-order valence-corrected chi connectivity index (χ1v) is 6.20. The van der Waals surface area contributed by atoms with Crippen LogP contribution >= 0.6 is 0 Å². The number of aromatic nitrogens is 2. The molecule has 0 radical (unpaired) electrons. The molecule has 1 atom stereocenters. The lowest BCUT2D eigenvalue weighted by molar-refractivity contribution is 0.566. The molecule has 1 heterocycles. The van der Waals surface area contributed by atoms with Crippen LogP contribution in [0.25, 0.3) is 0 Å². The summed E-state index contributed by atoms with van der Waals surface area (Å²) in [4.78, 5) is 8.51. The summed E-state index contributed by atoms with van der Waals surface area (Å²) in [5.41, 5.74) is 3.60. The van der Waals surface area contributed by atoms with Gasteiger partial charge in [0.15, 0.2) is 0 Å². The lowest BCUT2D eigenvalue weighted by atomic mass is 10.1. The Balaban J connectivity index is 1.99. The van der Waals surface area contributed by atoms with E-state index in [2.05, 4.69) is 28.3 Å². The van der Waals surface area contributed by atoms with Gasteiger partial charge >= 0.3 is 0 Å². The van der Waals surface area contributed by atoms with E-state index in [1.165, 1.54) is 0 Å². The Morgan fingerprint density at radius 2 is 2.16 bits per heavy atom. The van der Waals surface area contributed by atoms with Crippen LogP contribution in [0.1, 0.15) is 35.5 Å². The van der Waals surface area contributed by atoms with Crippen molar-refractivity contribution in [2.45, 2.75) is 26.4 Å². The van der Waals surface area contributed by atoms with Gasteiger partial charge in [0.2, 0.25) is 0 Å². The molecular weight excluding hydrogens is 236 g/mol. The molecule has 0 aliphatic rings. The molecule has 0 aliphatic carbocycles. The highest BCUT2D eigenvalue weighted by molar-refractivity contribution is 5.34. The predicted octanol–water partition coefficient (Wildman–Crippen LogP) is 2.51. The normalized spacial score (nSPS) is 11.8. The van der Waals surface area contributed by atoms with Gasteiger partial charge in [0.25, 0.3) is 0 Å². The van der Waals surface area contributed by atoms with E-state index in [9.17, 15) is 0 Å². The second kappa shape index (κ2) is 6.07. The maximum absolute atomic E-state index is 8.89. The Morgan fingerprint density at radius 1 is 1.32 bits per heavy atom. The zero-order valence-corrected chi connectivity index (χ0v) is 11.1. The summed E-state index contributed by atoms with van der Waals surface area (Å²) in [6, 6.07) is 9.94. The molecule has 2 aromatic rings. The van der Waals surface area contributed by atoms with Crippen molar-refractivity contribution < 1.29 is 0 Å². The first-order valence-electron chi connectivity index (χ1n) is 6.20. The molecule has 0 saturated heterocycles. The van der Waals surface area contributed by atoms with E-state index < -0.39 is 0 Å². The van der Waals surface area contributed by atoms with E-state index in [4.69, 9.17) is 5.26 Å². The summed E-state index contributed by atoms with van der Waals surface area (Å²) >= 11 is 0. The quantitative estimate of drug-likeness (QED) is 0.908. The van der Waals surface area contributed by atoms with Gasteiger partial charge in [-0.25, -0.2) is 0 Å². The van der Waals surface area contributed by atoms with Crippen molar-refractivity contribution in [1.29, 1.82) is 5.26 Å². The second-order valence-electron chi connectivity index (χ2n) is 4.49. The molecule has 1 aromatic heterocycles. The van der Waals surface area contributed by atoms with Crippen molar-refractivity contribution in [1.82, 2.24) is 15.3 Å². The van der Waals surface area contributed by atoms with Gasteiger partial charge in [-0.05, 0) is 31.5 Å². The molecule has 0 spiro atoms. The third-order valence-electron chi connectivity index (χ3n) is 2.94. The topological polar surface area (TPSA) is 61.6 Å². The van der Waals surface area contributed by atoms with Crippen LogP contribution in [0.2, 0.25) is 0 Å². The molecule has 19 heavy (non-hydrogen) atoms. The summed E-state index contributed by atoms with van der Waals surface area (Å²) in [5, 5.41) is 12.3. The molecule has 0 saturated carbocycles. The molecule has 1 aromatic carbocycles. The van der Waals surface area contributed by atoms with E-state index in [0.717, 1.165) is 17.0 Å². The van der Waals surface area contributed by atoms with E-state index in [0.29, 0.717) is 12.1 Å². The highest BCUT2D eigenvalue weighted by Crippen LogP contribution is 2.14. The number of nitrogens with zero attached hydrogens (tertiary/aromatic N) is 3. The molecule has 0 amide bonds. The number of nitrogens with one attached hydrogen (secondary N) is 1. The molecule has 0 bridgehead atoms. The molecule has 4 heteroatoms. The van der Waals surface area contributed by atoms with Gasteiger partial charge in [-0.2, -0.15) is 5.26 Å². The van der Waals surface area contributed by atoms with Crippen molar-refractivity contribution in [2.75, 3.05) is 0 Å². The zero-order chi connectivity index (χ0) is 13.7. The maximum atomic E-state index is 8.89. The second-order valence-corrected chi connectivity index (χ2v) is 4.49. The number of nitriles is 1. The Labute approximate surface area is 113 Å². The van der Waals surface area contributed by atoms with Crippen LogP contribution in [0.5, 0.6) is 0 Å². The van der Waals surface area contributed by atoms with Crippen LogP contribution in [0.3, 0.4) is 0 Å². The number of rotatable bonds is 4. The molecule has 4 nitrogen and oxygen atoms in total. The third-order valence-corrected chi connectivity index (χ3v) is 2.94. The van der Waals surface area contributed by atoms with Gasteiger partial charge in [-0.15, -0.1) is 0 Å². The Bertz CT molecular complexity index is 584. The summed E-state index contributed by atoms with van der Waals surface area (Å²) in [7, 11) is 0. The minimum atomic E-state index is 0.163. The van der Waals surface area contributed by atoms with E-state index in [-0.39, 0.29) is 6.04 Å². The molecular formula is C15H16N4. The van der Waals surface area contributed by atoms with Crippen LogP contribution in [0, 0.1) is 18.3 Å². The Morgan fingerprint density at radius 3 is 2.84 bits per heavy atom. The predicted molar refractivity (Wildman–Crippen MR) is 73.2 cm³/mol. The van der Waals surface area contributed by atoms with E-state index in [1.54, 1.807) is 12.4 Å². The SMILES string of the molecule is Cc1cnc(CNC(C)c2cccc(C#N)c2)cn1. The molecule has 96 valence electrons. The van der Waals surface area contributed by atoms with Gasteiger partial charge in [-0.3, -0.25) is 9.97 Å². The van der Waals surface area contributed by atoms with Crippen LogP contribution in [0.4, 0.5) is 0 Å². The first-order chi connectivity index (χ1) is 9.19. The smallest absolute Gasteiger partial charge is 0.0991 e. The fraction of sp³-hybridized carbons (Fsp3) is 0.267. The monoisotopic (exact) mass is 252 g/mol. The van der Waals surface area contributed by atoms with Crippen LogP contribution in [-0.2, 0) is 6.54 Å². The maximum Gasteiger partial charge on any atom is 0.0991 e. The largest absolute Gasteiger partial charge is 0.305 e. The van der Waals surface area contributed by atoms with Gasteiger partial charge in [0, 0.05) is 25.0 Å². The number of hydrogen-bond donors (Lipinski definition) is 1. The lowest BCUT2D eigenvalue weighted by Crippen LogP contribution is -2.19. The third kappa shape index (κ3) is 3.60. The Hall–Kier alpha value is -2.25. The first kappa shape index (κ1) is 13.2. The molecule has 1 unspecified atom stereocenters. The molecule has 0 aliphatic heterocycles. The highest BCUT2D eigenvalue weighted by Gasteiger charge is 2.06. The van der Waals surface area contributed by atoms with Crippen molar-refractivity contribution in [2.24, 2.45) is 0 Å². The summed E-state index contributed by atoms with van der Waals surface area (Å²) in [6.07, 6.45) is 3.54. The molecule has 2 rings (SSSR count). The zero-order valence-electron chi connectivity index (χ0n) is 11.1. The summed E-state index contributed by atoms with van der Waals surface area (Å²) in [5.74, 6) is 0. The molecule has 1 N–H and O–H groups in total. The number of benzene rings is 1. The summed E-state index contributed by atoms with van der Waals surface area (Å²) in [6.45, 7) is 4.64. The molecule has 0 fully saturated rings. The highest BCUT2D eigenvalue weighted by atomic mass is 14.9. The fourth-order valence-corrected chi connectivity index (χ4v) is 1.76. The van der Waals surface area contributed by atoms with Gasteiger partial charge in [0.1, 0.15) is 0 Å². The van der Waals surface area contributed by atoms with Gasteiger partial charge < -0.3 is 5.32 Å². The minimum absolute atomic E-state index is 0.163. The fourth-order valence-electron chi connectivity index (χ4n) is 1.76. The van der Waals surface area contributed by atoms with Crippen molar-refractivity contribution >= 4 is 0 Å². The van der Waals surface area contributed by atoms with Crippen LogP contribution < -0.4 is 5.32 Å². The van der Waals surface area contributed by atoms with E-state index in [1.807, 2.05) is 31.2 Å². The standard InChI is InChI=1S/C15H16N4/c1-11-8-19-15(9-17-11)10-18-12(2)14-5-3-4-13(6-14)7-16/h3-6,8-9,12,18H,10H2,1-2H3. The van der Waals surface area contributed by atoms with Crippen LogP contribution in [0.15, 0.2) is 36.7 Å². The van der Waals surface area contributed by atoms with Crippen LogP contribution in [-0.4, -0.2) is 9.97 Å². The van der Waals surface area contributed by atoms with Crippen molar-refractivity contribution in [3.8, 4) is 6.07 Å². The number of hydrogen-bond acceptors (Lipinski definition) is 4. The summed E-state index contributed by atoms with van der Waals surface area (Å²) < 4.78 is 0.